The Morgan fingerprint density at radius 1 is 1.20 bits per heavy atom. The summed E-state index contributed by atoms with van der Waals surface area (Å²) in [6.07, 6.45) is 0. The second-order valence-electron chi connectivity index (χ2n) is 4.61. The van der Waals surface area contributed by atoms with Crippen molar-refractivity contribution in [1.82, 2.24) is 10.2 Å². The fourth-order valence-electron chi connectivity index (χ4n) is 1.99. The Morgan fingerprint density at radius 3 is 2.40 bits per heavy atom. The lowest BCUT2D eigenvalue weighted by Crippen LogP contribution is -2.45. The topological polar surface area (TPSA) is 61.4 Å². The van der Waals surface area contributed by atoms with E-state index in [1.54, 1.807) is 0 Å². The molecule has 1 aliphatic heterocycles. The van der Waals surface area contributed by atoms with E-state index in [0.717, 1.165) is 38.3 Å². The number of hydrogen-bond acceptors (Lipinski definition) is 4. The second kappa shape index (κ2) is 6.47. The van der Waals surface area contributed by atoms with Gasteiger partial charge in [-0.2, -0.15) is 0 Å². The van der Waals surface area contributed by atoms with Crippen LogP contribution < -0.4 is 10.0 Å². The van der Waals surface area contributed by atoms with Crippen LogP contribution in [0.5, 0.6) is 0 Å². The maximum Gasteiger partial charge on any atom is 0.234 e. The normalized spacial score (nSPS) is 17.1. The summed E-state index contributed by atoms with van der Waals surface area (Å²) in [5, 5.41) is 3.16. The molecule has 1 aliphatic rings. The summed E-state index contributed by atoms with van der Waals surface area (Å²) in [5.41, 5.74) is -0.618. The van der Waals surface area contributed by atoms with Gasteiger partial charge in [0.2, 0.25) is 10.0 Å². The Hall–Kier alpha value is -1.25. The van der Waals surface area contributed by atoms with Crippen LogP contribution in [0.2, 0.25) is 0 Å². The third-order valence-corrected chi connectivity index (χ3v) is 4.34. The van der Waals surface area contributed by atoms with Crippen molar-refractivity contribution in [3.8, 4) is 0 Å². The summed E-state index contributed by atoms with van der Waals surface area (Å²) in [4.78, 5) is 1.99. The largest absolute Gasteiger partial charge is 0.314 e. The summed E-state index contributed by atoms with van der Waals surface area (Å²) in [6, 6.07) is 3.21. The van der Waals surface area contributed by atoms with E-state index in [2.05, 4.69) is 5.32 Å². The van der Waals surface area contributed by atoms with Crippen molar-refractivity contribution in [2.45, 2.75) is 0 Å². The molecule has 0 saturated carbocycles. The van der Waals surface area contributed by atoms with E-state index in [4.69, 9.17) is 0 Å². The van der Waals surface area contributed by atoms with Crippen molar-refractivity contribution in [3.05, 3.63) is 29.8 Å². The van der Waals surface area contributed by atoms with Crippen LogP contribution in [0.15, 0.2) is 18.2 Å². The van der Waals surface area contributed by atoms with Crippen LogP contribution >= 0.6 is 0 Å². The summed E-state index contributed by atoms with van der Waals surface area (Å²) in [6.45, 7) is 3.51. The minimum Gasteiger partial charge on any atom is -0.314 e. The number of hydrogen-bond donors (Lipinski definition) is 2. The summed E-state index contributed by atoms with van der Waals surface area (Å²) in [5.74, 6) is -2.03. The lowest BCUT2D eigenvalue weighted by Gasteiger charge is -2.26. The molecule has 0 amide bonds. The van der Waals surface area contributed by atoms with Gasteiger partial charge in [-0.1, -0.05) is 6.07 Å². The van der Waals surface area contributed by atoms with E-state index >= 15 is 0 Å². The molecule has 8 heteroatoms. The standard InChI is InChI=1S/C12H17F2N3O2S/c13-10-2-1-3-11(14)12(10)16-20(18,19)9-8-17-6-4-15-5-7-17/h1-3,15-16H,4-9H2. The highest BCUT2D eigenvalue weighted by Gasteiger charge is 2.18. The van der Waals surface area contributed by atoms with Crippen molar-refractivity contribution in [1.29, 1.82) is 0 Å². The van der Waals surface area contributed by atoms with Crippen molar-refractivity contribution in [2.24, 2.45) is 0 Å². The number of halogens is 2. The molecule has 0 unspecified atom stereocenters. The number of para-hydroxylation sites is 1. The first-order valence-electron chi connectivity index (χ1n) is 6.35. The minimum absolute atomic E-state index is 0.194. The quantitative estimate of drug-likeness (QED) is 0.837. The highest BCUT2D eigenvalue weighted by Crippen LogP contribution is 2.19. The molecule has 0 aromatic heterocycles. The molecule has 1 aromatic rings. The Bertz CT molecular complexity index is 540. The van der Waals surface area contributed by atoms with Crippen LogP contribution in [-0.2, 0) is 10.0 Å². The molecule has 112 valence electrons. The van der Waals surface area contributed by atoms with Gasteiger partial charge in [0.05, 0.1) is 5.75 Å². The van der Waals surface area contributed by atoms with E-state index in [9.17, 15) is 17.2 Å². The number of nitrogens with one attached hydrogen (secondary N) is 2. The van der Waals surface area contributed by atoms with Gasteiger partial charge in [0.25, 0.3) is 0 Å². The van der Waals surface area contributed by atoms with Crippen LogP contribution in [0.1, 0.15) is 0 Å². The molecule has 0 aliphatic carbocycles. The van der Waals surface area contributed by atoms with Gasteiger partial charge >= 0.3 is 0 Å². The number of rotatable bonds is 5. The zero-order valence-corrected chi connectivity index (χ0v) is 11.7. The van der Waals surface area contributed by atoms with Crippen molar-refractivity contribution in [3.63, 3.8) is 0 Å². The van der Waals surface area contributed by atoms with Gasteiger partial charge in [-0.3, -0.25) is 9.62 Å². The highest BCUT2D eigenvalue weighted by molar-refractivity contribution is 7.92. The van der Waals surface area contributed by atoms with Gasteiger partial charge in [0.15, 0.2) is 0 Å². The highest BCUT2D eigenvalue weighted by atomic mass is 32.2. The molecule has 5 nitrogen and oxygen atoms in total. The molecule has 1 fully saturated rings. The molecule has 2 N–H and O–H groups in total. The minimum atomic E-state index is -3.77. The van der Waals surface area contributed by atoms with E-state index in [1.807, 2.05) is 9.62 Å². The van der Waals surface area contributed by atoms with Gasteiger partial charge in [-0.05, 0) is 12.1 Å². The zero-order chi connectivity index (χ0) is 14.6. The molecule has 0 bridgehead atoms. The van der Waals surface area contributed by atoms with Gasteiger partial charge in [-0.25, -0.2) is 17.2 Å². The average molecular weight is 305 g/mol. The molecule has 0 atom stereocenters. The molecule has 1 aromatic carbocycles. The maximum absolute atomic E-state index is 13.4. The predicted octanol–water partition coefficient (Wildman–Crippen LogP) is 0.612. The van der Waals surface area contributed by atoms with Gasteiger partial charge in [-0.15, -0.1) is 0 Å². The van der Waals surface area contributed by atoms with E-state index < -0.39 is 27.3 Å². The summed E-state index contributed by atoms with van der Waals surface area (Å²) >= 11 is 0. The Morgan fingerprint density at radius 2 is 1.80 bits per heavy atom. The third kappa shape index (κ3) is 4.12. The fourth-order valence-corrected chi connectivity index (χ4v) is 3.09. The Kier molecular flexibility index (Phi) is 4.90. The fraction of sp³-hybridized carbons (Fsp3) is 0.500. The van der Waals surface area contributed by atoms with Gasteiger partial charge in [0.1, 0.15) is 17.3 Å². The van der Waals surface area contributed by atoms with E-state index in [-0.39, 0.29) is 5.75 Å². The van der Waals surface area contributed by atoms with E-state index in [1.165, 1.54) is 6.07 Å². The SMILES string of the molecule is O=S(=O)(CCN1CCNCC1)Nc1c(F)cccc1F. The first kappa shape index (κ1) is 15.1. The average Bonchev–Trinajstić information content (AvgIpc) is 2.42. The van der Waals surface area contributed by atoms with Crippen LogP contribution in [0.4, 0.5) is 14.5 Å². The van der Waals surface area contributed by atoms with Crippen LogP contribution in [-0.4, -0.2) is 51.8 Å². The lowest BCUT2D eigenvalue weighted by molar-refractivity contribution is 0.254. The maximum atomic E-state index is 13.4. The van der Waals surface area contributed by atoms with Crippen LogP contribution in [0.3, 0.4) is 0 Å². The van der Waals surface area contributed by atoms with Crippen LogP contribution in [0, 0.1) is 11.6 Å². The van der Waals surface area contributed by atoms with Gasteiger partial charge < -0.3 is 5.32 Å². The zero-order valence-electron chi connectivity index (χ0n) is 10.9. The Labute approximate surface area is 117 Å². The molecule has 20 heavy (non-hydrogen) atoms. The molecule has 2 rings (SSSR count). The molecule has 0 spiro atoms. The summed E-state index contributed by atoms with van der Waals surface area (Å²) in [7, 11) is -3.77. The molecule has 1 heterocycles. The lowest BCUT2D eigenvalue weighted by atomic mass is 10.3. The first-order chi connectivity index (χ1) is 9.48. The van der Waals surface area contributed by atoms with Crippen molar-refractivity contribution in [2.75, 3.05) is 43.2 Å². The molecule has 1 saturated heterocycles. The smallest absolute Gasteiger partial charge is 0.234 e. The van der Waals surface area contributed by atoms with E-state index in [0.29, 0.717) is 6.54 Å². The van der Waals surface area contributed by atoms with Gasteiger partial charge in [0, 0.05) is 32.7 Å². The Balaban J connectivity index is 1.96. The number of nitrogens with zero attached hydrogens (tertiary/aromatic N) is 1. The summed E-state index contributed by atoms with van der Waals surface area (Å²) < 4.78 is 52.5. The molecule has 0 radical (unpaired) electrons. The second-order valence-corrected chi connectivity index (χ2v) is 6.45. The number of benzene rings is 1. The molecular weight excluding hydrogens is 288 g/mol. The van der Waals surface area contributed by atoms with Crippen molar-refractivity contribution < 1.29 is 17.2 Å². The number of sulfonamides is 1. The molecular formula is C12H17F2N3O2S. The first-order valence-corrected chi connectivity index (χ1v) is 8.01. The third-order valence-electron chi connectivity index (χ3n) is 3.11. The number of anilines is 1. The predicted molar refractivity (Wildman–Crippen MR) is 73.1 cm³/mol. The number of piperazine rings is 1. The monoisotopic (exact) mass is 305 g/mol. The van der Waals surface area contributed by atoms with Crippen molar-refractivity contribution >= 4 is 15.7 Å². The van der Waals surface area contributed by atoms with Crippen LogP contribution in [0.25, 0.3) is 0 Å².